The zero-order valence-corrected chi connectivity index (χ0v) is 54.0. The van der Waals surface area contributed by atoms with Crippen LogP contribution in [0.15, 0.2) is 0 Å². The molecular weight excluding hydrogens is 1360 g/mol. The number of aliphatic hydroxyl groups excluding tert-OH is 3. The molecule has 0 amide bonds. The second kappa shape index (κ2) is 28.4. The van der Waals surface area contributed by atoms with Crippen LogP contribution >= 0.6 is 0 Å². The Kier molecular flexibility index (Phi) is 24.0. The van der Waals surface area contributed by atoms with Gasteiger partial charge in [-0.1, -0.05) is 53.9 Å². The van der Waals surface area contributed by atoms with Crippen LogP contribution in [-0.4, -0.2) is 224 Å². The Hall–Kier alpha value is -1.27. The molecule has 7 fully saturated rings. The molecular formula is C45H78O37S7. The van der Waals surface area contributed by atoms with Crippen molar-refractivity contribution >= 4 is 72.8 Å². The molecule has 0 spiro atoms. The number of fused-ring (bicyclic) bond motifs is 5. The summed E-state index contributed by atoms with van der Waals surface area (Å²) in [7, 11) is -40.3. The first-order valence-corrected chi connectivity index (χ1v) is 37.6. The average molecular weight is 1440 g/mol. The largest absolute Gasteiger partial charge is 0.397 e. The van der Waals surface area contributed by atoms with Gasteiger partial charge >= 0.3 is 72.8 Å². The van der Waals surface area contributed by atoms with E-state index in [1.807, 2.05) is 0 Å². The van der Waals surface area contributed by atoms with E-state index in [0.717, 1.165) is 32.1 Å². The monoisotopic (exact) mass is 1430 g/mol. The van der Waals surface area contributed by atoms with Gasteiger partial charge in [0.25, 0.3) is 0 Å². The van der Waals surface area contributed by atoms with Crippen LogP contribution in [0.25, 0.3) is 0 Å². The first kappa shape index (κ1) is 75.1. The van der Waals surface area contributed by atoms with Crippen LogP contribution in [0.5, 0.6) is 0 Å². The lowest BCUT2D eigenvalue weighted by Crippen LogP contribution is -2.68. The van der Waals surface area contributed by atoms with E-state index in [2.05, 4.69) is 59.7 Å². The molecule has 3 heterocycles. The molecule has 7 rings (SSSR count). The molecule has 0 aromatic heterocycles. The quantitative estimate of drug-likeness (QED) is 0.0356. The summed E-state index contributed by atoms with van der Waals surface area (Å²) in [5.74, 6) is 3.20. The maximum atomic E-state index is 12.6. The van der Waals surface area contributed by atoms with E-state index in [-0.39, 0.29) is 16.7 Å². The van der Waals surface area contributed by atoms with E-state index in [0.29, 0.717) is 54.8 Å². The summed E-state index contributed by atoms with van der Waals surface area (Å²) in [5, 5.41) is 35.1. The molecule has 89 heavy (non-hydrogen) atoms. The van der Waals surface area contributed by atoms with Gasteiger partial charge in [0, 0.05) is 0 Å². The van der Waals surface area contributed by atoms with E-state index in [1.165, 1.54) is 25.7 Å². The Morgan fingerprint density at radius 2 is 0.820 bits per heavy atom. The number of aliphatic hydroxyl groups is 3. The average Bonchev–Trinajstić information content (AvgIpc) is 1.77. The molecule has 3 aliphatic heterocycles. The summed E-state index contributed by atoms with van der Waals surface area (Å²) < 4.78 is 302. The molecule has 4 aliphatic carbocycles. The highest BCUT2D eigenvalue weighted by Crippen LogP contribution is 2.68. The highest BCUT2D eigenvalue weighted by Gasteiger charge is 2.63. The van der Waals surface area contributed by atoms with Crippen LogP contribution in [0.1, 0.15) is 112 Å². The predicted octanol–water partition coefficient (Wildman–Crippen LogP) is -0.269. The molecule has 522 valence electrons. The summed E-state index contributed by atoms with van der Waals surface area (Å²) in [6.07, 6.45) is -30.8. The summed E-state index contributed by atoms with van der Waals surface area (Å²) in [5.41, 5.74) is 0.00947. The molecule has 37 nitrogen and oxygen atoms in total. The Labute approximate surface area is 515 Å². The molecule has 4 saturated carbocycles. The third kappa shape index (κ3) is 19.9. The number of ether oxygens (including phenoxy) is 6. The summed E-state index contributed by atoms with van der Waals surface area (Å²) in [6, 6.07) is 0. The van der Waals surface area contributed by atoms with Crippen molar-refractivity contribution in [3.8, 4) is 0 Å². The van der Waals surface area contributed by atoms with Crippen molar-refractivity contribution in [1.82, 2.24) is 0 Å². The van der Waals surface area contributed by atoms with E-state index in [4.69, 9.17) is 32.6 Å². The van der Waals surface area contributed by atoms with Gasteiger partial charge in [-0.15, -0.1) is 0 Å². The van der Waals surface area contributed by atoms with E-state index in [9.17, 15) is 106 Å². The van der Waals surface area contributed by atoms with Gasteiger partial charge in [-0.25, -0.2) is 29.3 Å². The first-order valence-electron chi connectivity index (χ1n) is 28.1. The van der Waals surface area contributed by atoms with Crippen LogP contribution in [0.2, 0.25) is 0 Å². The van der Waals surface area contributed by atoms with E-state index < -0.39 is 191 Å². The van der Waals surface area contributed by atoms with Crippen LogP contribution in [0.4, 0.5) is 0 Å². The van der Waals surface area contributed by atoms with Crippen LogP contribution in [0.3, 0.4) is 0 Å². The Morgan fingerprint density at radius 3 is 1.24 bits per heavy atom. The molecule has 0 aromatic rings. The van der Waals surface area contributed by atoms with Crippen molar-refractivity contribution in [2.45, 2.75) is 210 Å². The maximum Gasteiger partial charge on any atom is 0.397 e. The lowest BCUT2D eigenvalue weighted by Gasteiger charge is -2.61. The third-order valence-electron chi connectivity index (χ3n) is 18.7. The van der Waals surface area contributed by atoms with Crippen LogP contribution < -0.4 is 0 Å². The normalized spacial score (nSPS) is 40.7. The van der Waals surface area contributed by atoms with Crippen molar-refractivity contribution in [2.75, 3.05) is 19.8 Å². The SMILES string of the molecule is CC(C)CCC[C@@H](C)[C@H]1CC[C@H]2[C@@H]3CC[C@H]4C[C@@H](O[C@@H]5O[C@@H](COS(=O)(=O)O)[C@@H](O[C@@H]6O[C@@H](COS(=O)(=O)O)[C@@H](O[C@@H]7O[C@@H](COS(=O)(=O)O)[C@@H](OS(=O)(=O)O)[C@H](O)[C@H]7OS(=O)(=O)O)[C@H](O)[C@H]6OS(=O)(=O)O)[C@H](O)[C@H]5OS(=O)(=O)O)CC[C@]4(C)[C@H]3CC[C@]12C. The molecule has 10 N–H and O–H groups in total. The summed E-state index contributed by atoms with van der Waals surface area (Å²) >= 11 is 0. The van der Waals surface area contributed by atoms with E-state index in [1.54, 1.807) is 0 Å². The smallest absolute Gasteiger partial charge is 0.387 e. The molecule has 7 aliphatic rings. The van der Waals surface area contributed by atoms with Gasteiger partial charge in [-0.05, 0) is 110 Å². The summed E-state index contributed by atoms with van der Waals surface area (Å²) in [4.78, 5) is 0. The third-order valence-corrected chi connectivity index (χ3v) is 21.8. The van der Waals surface area contributed by atoms with Gasteiger partial charge < -0.3 is 43.7 Å². The van der Waals surface area contributed by atoms with Crippen molar-refractivity contribution in [1.29, 1.82) is 0 Å². The minimum Gasteiger partial charge on any atom is -0.387 e. The van der Waals surface area contributed by atoms with Crippen molar-refractivity contribution in [3.05, 3.63) is 0 Å². The fraction of sp³-hybridized carbons (Fsp3) is 1.00. The zero-order chi connectivity index (χ0) is 66.6. The minimum absolute atomic E-state index is 0.0239. The van der Waals surface area contributed by atoms with Crippen molar-refractivity contribution < 1.29 is 164 Å². The number of hydrogen-bond acceptors (Lipinski definition) is 30. The molecule has 3 saturated heterocycles. The lowest BCUT2D eigenvalue weighted by molar-refractivity contribution is -0.375. The number of rotatable bonds is 28. The molecule has 0 bridgehead atoms. The maximum absolute atomic E-state index is 12.6. The Bertz CT molecular complexity index is 3240. The second-order valence-corrected chi connectivity index (χ2v) is 32.1. The number of hydrogen-bond donors (Lipinski definition) is 10. The van der Waals surface area contributed by atoms with Gasteiger partial charge in [-0.3, -0.25) is 31.9 Å². The molecule has 0 unspecified atom stereocenters. The van der Waals surface area contributed by atoms with Gasteiger partial charge in [-0.2, -0.15) is 58.9 Å². The van der Waals surface area contributed by atoms with Gasteiger partial charge in [0.05, 0.1) is 25.9 Å². The van der Waals surface area contributed by atoms with Crippen molar-refractivity contribution in [3.63, 3.8) is 0 Å². The Balaban J connectivity index is 1.17. The fourth-order valence-electron chi connectivity index (χ4n) is 15.1. The van der Waals surface area contributed by atoms with Crippen molar-refractivity contribution in [2.24, 2.45) is 52.3 Å². The summed E-state index contributed by atoms with van der Waals surface area (Å²) in [6.45, 7) is 6.68. The van der Waals surface area contributed by atoms with E-state index >= 15 is 0 Å². The molecule has 0 radical (unpaired) electrons. The molecule has 0 aromatic carbocycles. The standard InChI is InChI=1S/C45H78O37S7/c1-21(2)7-6-8-22(3)26-11-12-27-25-10-9-23-17-24(13-15-44(23,4)28(25)14-16-45(26,27)5)73-41-38(80-87(61,62)63)32(46)35(29(74-41)18-70-83(49,50)51)77-42-39(81-88(64,65)66)33(47)36(30(75-42)19-71-84(52,53)54)78-43-40(82-89(67,68)69)34(48)37(79-86(58,59)60)31(76-43)20-72-85(55,56)57/h21-43,46-48H,6-20H2,1-5H3,(H,49,50,51)(H,52,53,54)(H,55,56,57)(H,58,59,60)(H,61,62,63)(H,64,65,66)(H,67,68,69)/t22-,23+,24+,25+,26-,27+,28+,29+,30+,31+,32+,33+,34+,35-,36-,37-,38-,39-,40-,41-,42+,43+,44+,45-/m1/s1. The first-order chi connectivity index (χ1) is 40.6. The second-order valence-electron chi connectivity index (χ2n) is 24.6. The molecule has 44 heteroatoms. The van der Waals surface area contributed by atoms with Crippen LogP contribution in [-0.2, 0) is 130 Å². The highest BCUT2D eigenvalue weighted by atomic mass is 32.3. The van der Waals surface area contributed by atoms with Gasteiger partial charge in [0.1, 0.15) is 54.9 Å². The highest BCUT2D eigenvalue weighted by molar-refractivity contribution is 7.82. The predicted molar refractivity (Wildman–Crippen MR) is 290 cm³/mol. The Morgan fingerprint density at radius 1 is 0.438 bits per heavy atom. The molecule has 24 atom stereocenters. The lowest BCUT2D eigenvalue weighted by atomic mass is 9.44. The van der Waals surface area contributed by atoms with Gasteiger partial charge in [0.15, 0.2) is 37.2 Å². The fourth-order valence-corrected chi connectivity index (χ4v) is 18.0. The zero-order valence-electron chi connectivity index (χ0n) is 48.2. The minimum atomic E-state index is -6.03. The van der Waals surface area contributed by atoms with Gasteiger partial charge in [0.2, 0.25) is 0 Å². The van der Waals surface area contributed by atoms with Crippen LogP contribution in [0, 0.1) is 52.3 Å². The topological polar surface area (TPSA) is 561 Å².